The van der Waals surface area contributed by atoms with Crippen LogP contribution in [0.25, 0.3) is 28.4 Å². The molecule has 1 aromatic carbocycles. The highest BCUT2D eigenvalue weighted by atomic mass is 16.2. The SMILES string of the molecule is Cc1ccc(-c2ccc3cc4n(c(=O)c3n2)/C=C\C=C/NC4=O)cc1. The molecule has 1 N–H and O–H groups in total. The quantitative estimate of drug-likeness (QED) is 0.746. The van der Waals surface area contributed by atoms with Crippen LogP contribution >= 0.6 is 0 Å². The summed E-state index contributed by atoms with van der Waals surface area (Å²) in [6.45, 7) is 2.02. The number of hydrogen-bond acceptors (Lipinski definition) is 3. The van der Waals surface area contributed by atoms with E-state index in [1.54, 1.807) is 24.4 Å². The summed E-state index contributed by atoms with van der Waals surface area (Å²) < 4.78 is 1.33. The van der Waals surface area contributed by atoms with Gasteiger partial charge in [-0.3, -0.25) is 14.2 Å². The maximum absolute atomic E-state index is 12.9. The zero-order valence-electron chi connectivity index (χ0n) is 13.6. The number of nitrogens with zero attached hydrogens (tertiary/aromatic N) is 2. The third kappa shape index (κ3) is 2.65. The summed E-state index contributed by atoms with van der Waals surface area (Å²) in [5.74, 6) is -0.331. The van der Waals surface area contributed by atoms with Gasteiger partial charge in [-0.05, 0) is 31.2 Å². The lowest BCUT2D eigenvalue weighted by atomic mass is 10.1. The molecule has 122 valence electrons. The number of fused-ring (bicyclic) bond motifs is 2. The third-order valence-electron chi connectivity index (χ3n) is 4.14. The summed E-state index contributed by atoms with van der Waals surface area (Å²) in [5.41, 5.74) is 3.13. The Bertz CT molecular complexity index is 1110. The van der Waals surface area contributed by atoms with Gasteiger partial charge in [-0.15, -0.1) is 0 Å². The number of carbonyl (C=O) groups excluding carboxylic acids is 1. The van der Waals surface area contributed by atoms with E-state index in [1.807, 2.05) is 43.3 Å². The number of nitrogens with one attached hydrogen (secondary N) is 1. The lowest BCUT2D eigenvalue weighted by Crippen LogP contribution is -2.28. The van der Waals surface area contributed by atoms with Crippen molar-refractivity contribution in [3.8, 4) is 11.3 Å². The van der Waals surface area contributed by atoms with Gasteiger partial charge >= 0.3 is 0 Å². The Morgan fingerprint density at radius 2 is 1.80 bits per heavy atom. The van der Waals surface area contributed by atoms with Crippen LogP contribution in [0.3, 0.4) is 0 Å². The Morgan fingerprint density at radius 1 is 1.00 bits per heavy atom. The molecular weight excluding hydrogens is 314 g/mol. The van der Waals surface area contributed by atoms with Crippen molar-refractivity contribution in [1.82, 2.24) is 14.9 Å². The molecule has 3 heterocycles. The molecule has 0 saturated carbocycles. The summed E-state index contributed by atoms with van der Waals surface area (Å²) in [5, 5.41) is 3.26. The number of benzene rings is 1. The number of pyridine rings is 2. The Hall–Kier alpha value is -3.47. The Labute approximate surface area is 143 Å². The first-order chi connectivity index (χ1) is 12.1. The van der Waals surface area contributed by atoms with Gasteiger partial charge < -0.3 is 5.32 Å². The molecule has 3 aromatic rings. The number of amides is 1. The van der Waals surface area contributed by atoms with E-state index in [9.17, 15) is 9.59 Å². The average Bonchev–Trinajstić information content (AvgIpc) is 2.61. The van der Waals surface area contributed by atoms with E-state index >= 15 is 0 Å². The van der Waals surface area contributed by atoms with Gasteiger partial charge in [-0.1, -0.05) is 35.9 Å². The average molecular weight is 329 g/mol. The summed E-state index contributed by atoms with van der Waals surface area (Å²) in [7, 11) is 0. The molecule has 1 aliphatic rings. The molecule has 5 heteroatoms. The van der Waals surface area contributed by atoms with Crippen LogP contribution in [-0.2, 0) is 0 Å². The van der Waals surface area contributed by atoms with Crippen molar-refractivity contribution in [1.29, 1.82) is 0 Å². The number of hydrogen-bond donors (Lipinski definition) is 1. The summed E-state index contributed by atoms with van der Waals surface area (Å²) in [6.07, 6.45) is 6.47. The molecule has 1 aliphatic heterocycles. The largest absolute Gasteiger partial charge is 0.327 e. The number of aromatic nitrogens is 2. The molecule has 0 unspecified atom stereocenters. The van der Waals surface area contributed by atoms with Crippen LogP contribution in [-0.4, -0.2) is 15.5 Å². The molecule has 0 radical (unpaired) electrons. The predicted octanol–water partition coefficient (Wildman–Crippen LogP) is 3.10. The van der Waals surface area contributed by atoms with Crippen molar-refractivity contribution in [3.63, 3.8) is 0 Å². The number of allylic oxidation sites excluding steroid dienone is 2. The highest BCUT2D eigenvalue weighted by molar-refractivity contribution is 5.97. The Kier molecular flexibility index (Phi) is 3.54. The number of carbonyl (C=O) groups is 1. The zero-order chi connectivity index (χ0) is 17.4. The van der Waals surface area contributed by atoms with Crippen LogP contribution in [0.5, 0.6) is 0 Å². The zero-order valence-corrected chi connectivity index (χ0v) is 13.6. The second-order valence-corrected chi connectivity index (χ2v) is 5.88. The standard InChI is InChI=1S/C20H15N3O2/c1-13-4-6-14(7-5-13)16-9-8-15-12-17-19(24)21-10-2-3-11-23(17)20(25)18(15)22-16/h2-12H,1H3,(H,21,24)/b10-2-,11-3-. The lowest BCUT2D eigenvalue weighted by Gasteiger charge is -2.11. The summed E-state index contributed by atoms with van der Waals surface area (Å²) >= 11 is 0. The molecule has 0 fully saturated rings. The van der Waals surface area contributed by atoms with Crippen molar-refractivity contribution < 1.29 is 4.79 Å². The second-order valence-electron chi connectivity index (χ2n) is 5.88. The minimum absolute atomic E-state index is 0.281. The van der Waals surface area contributed by atoms with E-state index in [4.69, 9.17) is 0 Å². The fourth-order valence-electron chi connectivity index (χ4n) is 2.80. The van der Waals surface area contributed by atoms with Crippen LogP contribution in [0.2, 0.25) is 0 Å². The molecule has 4 rings (SSSR count). The van der Waals surface area contributed by atoms with E-state index in [2.05, 4.69) is 10.3 Å². The first-order valence-electron chi connectivity index (χ1n) is 7.91. The van der Waals surface area contributed by atoms with Crippen molar-refractivity contribution in [2.45, 2.75) is 6.92 Å². The van der Waals surface area contributed by atoms with Crippen molar-refractivity contribution >= 4 is 23.0 Å². The second kappa shape index (κ2) is 5.87. The molecule has 0 bridgehead atoms. The monoisotopic (exact) mass is 329 g/mol. The minimum atomic E-state index is -0.331. The highest BCUT2D eigenvalue weighted by Gasteiger charge is 2.15. The van der Waals surface area contributed by atoms with Crippen LogP contribution in [0, 0.1) is 6.92 Å². The first kappa shape index (κ1) is 15.1. The maximum atomic E-state index is 12.9. The normalized spacial score (nSPS) is 15.8. The molecule has 0 aliphatic carbocycles. The first-order valence-corrected chi connectivity index (χ1v) is 7.91. The predicted molar refractivity (Wildman–Crippen MR) is 98.1 cm³/mol. The molecule has 0 spiro atoms. The van der Waals surface area contributed by atoms with E-state index in [-0.39, 0.29) is 17.2 Å². The van der Waals surface area contributed by atoms with Crippen LogP contribution < -0.4 is 10.9 Å². The van der Waals surface area contributed by atoms with Gasteiger partial charge in [0, 0.05) is 23.3 Å². The fourth-order valence-corrected chi connectivity index (χ4v) is 2.80. The lowest BCUT2D eigenvalue weighted by molar-refractivity contribution is 0.0963. The van der Waals surface area contributed by atoms with Gasteiger partial charge in [0.1, 0.15) is 11.2 Å². The fraction of sp³-hybridized carbons (Fsp3) is 0.0500. The van der Waals surface area contributed by atoms with Crippen molar-refractivity contribution in [2.24, 2.45) is 0 Å². The van der Waals surface area contributed by atoms with Crippen molar-refractivity contribution in [3.05, 3.63) is 82.4 Å². The van der Waals surface area contributed by atoms with Crippen LogP contribution in [0.1, 0.15) is 16.1 Å². The molecule has 0 atom stereocenters. The summed E-state index contributed by atoms with van der Waals surface area (Å²) in [4.78, 5) is 29.6. The van der Waals surface area contributed by atoms with Gasteiger partial charge in [0.05, 0.1) is 5.69 Å². The topological polar surface area (TPSA) is 64.0 Å². The number of rotatable bonds is 1. The molecule has 0 saturated heterocycles. The van der Waals surface area contributed by atoms with Crippen LogP contribution in [0.15, 0.2) is 65.6 Å². The molecule has 5 nitrogen and oxygen atoms in total. The van der Waals surface area contributed by atoms with Gasteiger partial charge in [0.25, 0.3) is 11.5 Å². The molecule has 2 aromatic heterocycles. The van der Waals surface area contributed by atoms with Gasteiger partial charge in [-0.2, -0.15) is 0 Å². The molecular formula is C20H15N3O2. The third-order valence-corrected chi connectivity index (χ3v) is 4.14. The minimum Gasteiger partial charge on any atom is -0.327 e. The molecule has 1 amide bonds. The smallest absolute Gasteiger partial charge is 0.281 e. The highest BCUT2D eigenvalue weighted by Crippen LogP contribution is 2.21. The molecule has 25 heavy (non-hydrogen) atoms. The van der Waals surface area contributed by atoms with Gasteiger partial charge in [-0.25, -0.2) is 4.98 Å². The van der Waals surface area contributed by atoms with E-state index in [0.717, 1.165) is 16.8 Å². The van der Waals surface area contributed by atoms with E-state index < -0.39 is 0 Å². The maximum Gasteiger partial charge on any atom is 0.281 e. The summed E-state index contributed by atoms with van der Waals surface area (Å²) in [6, 6.07) is 13.3. The Balaban J connectivity index is 1.96. The Morgan fingerprint density at radius 3 is 2.60 bits per heavy atom. The van der Waals surface area contributed by atoms with Crippen LogP contribution in [0.4, 0.5) is 0 Å². The van der Waals surface area contributed by atoms with Gasteiger partial charge in [0.2, 0.25) is 0 Å². The van der Waals surface area contributed by atoms with E-state index in [0.29, 0.717) is 10.9 Å². The number of aryl methyl sites for hydroxylation is 1. The van der Waals surface area contributed by atoms with E-state index in [1.165, 1.54) is 10.8 Å². The van der Waals surface area contributed by atoms with Gasteiger partial charge in [0.15, 0.2) is 0 Å². The van der Waals surface area contributed by atoms with Crippen molar-refractivity contribution in [2.75, 3.05) is 0 Å².